The van der Waals surface area contributed by atoms with E-state index in [0.29, 0.717) is 0 Å². The molecule has 0 aromatic heterocycles. The average Bonchev–Trinajstić information content (AvgIpc) is 2.24. The predicted octanol–water partition coefficient (Wildman–Crippen LogP) is 6.06. The Morgan fingerprint density at radius 2 is 1.25 bits per heavy atom. The molecule has 0 heteroatoms. The van der Waals surface area contributed by atoms with Crippen LogP contribution >= 0.6 is 0 Å². The third kappa shape index (κ3) is 7.30. The molecular formula is C16H34. The summed E-state index contributed by atoms with van der Waals surface area (Å²) in [4.78, 5) is 0. The van der Waals surface area contributed by atoms with E-state index in [9.17, 15) is 0 Å². The second-order valence-corrected chi connectivity index (χ2v) is 5.83. The molecule has 0 saturated heterocycles. The summed E-state index contributed by atoms with van der Waals surface area (Å²) < 4.78 is 0. The molecule has 98 valence electrons. The van der Waals surface area contributed by atoms with E-state index in [0.717, 1.165) is 17.8 Å². The molecule has 0 radical (unpaired) electrons. The molecule has 1 atom stereocenters. The molecule has 0 spiro atoms. The highest BCUT2D eigenvalue weighted by atomic mass is 14.2. The molecule has 0 nitrogen and oxygen atoms in total. The van der Waals surface area contributed by atoms with Crippen molar-refractivity contribution in [3.05, 3.63) is 0 Å². The monoisotopic (exact) mass is 226 g/mol. The summed E-state index contributed by atoms with van der Waals surface area (Å²) in [6.45, 7) is 11.7. The lowest BCUT2D eigenvalue weighted by molar-refractivity contribution is 0.256. The van der Waals surface area contributed by atoms with Gasteiger partial charge in [0.1, 0.15) is 0 Å². The van der Waals surface area contributed by atoms with Gasteiger partial charge in [-0.05, 0) is 17.8 Å². The Morgan fingerprint density at radius 1 is 0.688 bits per heavy atom. The highest BCUT2D eigenvalue weighted by Crippen LogP contribution is 2.30. The molecule has 0 aliphatic heterocycles. The molecule has 0 aliphatic rings. The Morgan fingerprint density at radius 3 is 1.62 bits per heavy atom. The fourth-order valence-corrected chi connectivity index (χ4v) is 2.92. The van der Waals surface area contributed by atoms with Crippen LogP contribution in [-0.4, -0.2) is 0 Å². The molecule has 0 bridgehead atoms. The van der Waals surface area contributed by atoms with Gasteiger partial charge in [-0.2, -0.15) is 0 Å². The minimum absolute atomic E-state index is 0.883. The molecular weight excluding hydrogens is 192 g/mol. The SMILES string of the molecule is CCCC(CCC)C(CC)CCCC(C)C. The van der Waals surface area contributed by atoms with Crippen LogP contribution in [-0.2, 0) is 0 Å². The van der Waals surface area contributed by atoms with E-state index >= 15 is 0 Å². The fourth-order valence-electron chi connectivity index (χ4n) is 2.92. The molecule has 0 rings (SSSR count). The first-order valence-corrected chi connectivity index (χ1v) is 7.65. The van der Waals surface area contributed by atoms with Gasteiger partial charge in [0.15, 0.2) is 0 Å². The van der Waals surface area contributed by atoms with Crippen molar-refractivity contribution in [1.29, 1.82) is 0 Å². The summed E-state index contributed by atoms with van der Waals surface area (Å²) in [6, 6.07) is 0. The molecule has 0 aromatic carbocycles. The van der Waals surface area contributed by atoms with Crippen LogP contribution in [0, 0.1) is 17.8 Å². The van der Waals surface area contributed by atoms with E-state index < -0.39 is 0 Å². The van der Waals surface area contributed by atoms with Crippen LogP contribution in [0.25, 0.3) is 0 Å². The molecule has 0 heterocycles. The van der Waals surface area contributed by atoms with Gasteiger partial charge in [-0.1, -0.05) is 86.0 Å². The largest absolute Gasteiger partial charge is 0.0654 e. The van der Waals surface area contributed by atoms with Crippen molar-refractivity contribution in [2.75, 3.05) is 0 Å². The van der Waals surface area contributed by atoms with Crippen molar-refractivity contribution >= 4 is 0 Å². The first kappa shape index (κ1) is 16.0. The van der Waals surface area contributed by atoms with E-state index in [1.807, 2.05) is 0 Å². The molecule has 0 saturated carbocycles. The summed E-state index contributed by atoms with van der Waals surface area (Å²) in [7, 11) is 0. The smallest absolute Gasteiger partial charge is 0.0386 e. The molecule has 0 aliphatic carbocycles. The van der Waals surface area contributed by atoms with Gasteiger partial charge in [0.2, 0.25) is 0 Å². The number of hydrogen-bond acceptors (Lipinski definition) is 0. The maximum Gasteiger partial charge on any atom is -0.0386 e. The molecule has 0 amide bonds. The molecule has 0 fully saturated rings. The zero-order valence-electron chi connectivity index (χ0n) is 12.4. The van der Waals surface area contributed by atoms with Gasteiger partial charge in [0, 0.05) is 0 Å². The normalized spacial score (nSPS) is 13.7. The fraction of sp³-hybridized carbons (Fsp3) is 1.00. The van der Waals surface area contributed by atoms with Crippen LogP contribution in [0.3, 0.4) is 0 Å². The van der Waals surface area contributed by atoms with E-state index in [1.54, 1.807) is 0 Å². The average molecular weight is 226 g/mol. The van der Waals surface area contributed by atoms with Gasteiger partial charge in [0.05, 0.1) is 0 Å². The highest BCUT2D eigenvalue weighted by Gasteiger charge is 2.18. The van der Waals surface area contributed by atoms with Gasteiger partial charge in [0.25, 0.3) is 0 Å². The van der Waals surface area contributed by atoms with Crippen LogP contribution < -0.4 is 0 Å². The maximum absolute atomic E-state index is 2.39. The standard InChI is InChI=1S/C16H34/c1-6-10-16(11-7-2)15(8-3)13-9-12-14(4)5/h14-16H,6-13H2,1-5H3. The van der Waals surface area contributed by atoms with Crippen molar-refractivity contribution < 1.29 is 0 Å². The van der Waals surface area contributed by atoms with Crippen LogP contribution in [0.4, 0.5) is 0 Å². The van der Waals surface area contributed by atoms with Gasteiger partial charge in [-0.25, -0.2) is 0 Å². The quantitative estimate of drug-likeness (QED) is 0.425. The van der Waals surface area contributed by atoms with Gasteiger partial charge in [-0.15, -0.1) is 0 Å². The Bertz CT molecular complexity index is 131. The van der Waals surface area contributed by atoms with Crippen LogP contribution in [0.1, 0.15) is 86.0 Å². The minimum Gasteiger partial charge on any atom is -0.0654 e. The van der Waals surface area contributed by atoms with Crippen molar-refractivity contribution in [2.45, 2.75) is 86.0 Å². The third-order valence-corrected chi connectivity index (χ3v) is 3.87. The van der Waals surface area contributed by atoms with Crippen molar-refractivity contribution in [3.8, 4) is 0 Å². The Hall–Kier alpha value is 0. The van der Waals surface area contributed by atoms with E-state index in [4.69, 9.17) is 0 Å². The van der Waals surface area contributed by atoms with Crippen LogP contribution in [0.15, 0.2) is 0 Å². The molecule has 0 N–H and O–H groups in total. The number of rotatable bonds is 10. The summed E-state index contributed by atoms with van der Waals surface area (Å²) in [5.74, 6) is 2.89. The van der Waals surface area contributed by atoms with E-state index in [2.05, 4.69) is 34.6 Å². The topological polar surface area (TPSA) is 0 Å². The summed E-state index contributed by atoms with van der Waals surface area (Å²) in [5, 5.41) is 0. The minimum atomic E-state index is 0.883. The summed E-state index contributed by atoms with van der Waals surface area (Å²) >= 11 is 0. The molecule has 16 heavy (non-hydrogen) atoms. The summed E-state index contributed by atoms with van der Waals surface area (Å²) in [6.07, 6.45) is 11.4. The maximum atomic E-state index is 2.39. The van der Waals surface area contributed by atoms with E-state index in [-0.39, 0.29) is 0 Å². The lowest BCUT2D eigenvalue weighted by atomic mass is 9.80. The Kier molecular flexibility index (Phi) is 10.2. The number of hydrogen-bond donors (Lipinski definition) is 0. The molecule has 1 unspecified atom stereocenters. The molecule has 0 aromatic rings. The third-order valence-electron chi connectivity index (χ3n) is 3.87. The highest BCUT2D eigenvalue weighted by molar-refractivity contribution is 4.69. The lowest BCUT2D eigenvalue weighted by Crippen LogP contribution is -2.14. The van der Waals surface area contributed by atoms with Gasteiger partial charge >= 0.3 is 0 Å². The Balaban J connectivity index is 3.98. The van der Waals surface area contributed by atoms with Gasteiger partial charge < -0.3 is 0 Å². The predicted molar refractivity (Wildman–Crippen MR) is 75.8 cm³/mol. The Labute approximate surface area is 104 Å². The zero-order chi connectivity index (χ0) is 12.4. The van der Waals surface area contributed by atoms with Crippen LogP contribution in [0.5, 0.6) is 0 Å². The van der Waals surface area contributed by atoms with Gasteiger partial charge in [-0.3, -0.25) is 0 Å². The van der Waals surface area contributed by atoms with E-state index in [1.165, 1.54) is 51.4 Å². The first-order chi connectivity index (χ1) is 7.65. The lowest BCUT2D eigenvalue weighted by Gasteiger charge is -2.26. The summed E-state index contributed by atoms with van der Waals surface area (Å²) in [5.41, 5.74) is 0. The second-order valence-electron chi connectivity index (χ2n) is 5.83. The van der Waals surface area contributed by atoms with Crippen LogP contribution in [0.2, 0.25) is 0 Å². The van der Waals surface area contributed by atoms with Crippen molar-refractivity contribution in [3.63, 3.8) is 0 Å². The van der Waals surface area contributed by atoms with Crippen molar-refractivity contribution in [1.82, 2.24) is 0 Å². The zero-order valence-corrected chi connectivity index (χ0v) is 12.4. The van der Waals surface area contributed by atoms with Crippen molar-refractivity contribution in [2.24, 2.45) is 17.8 Å². The first-order valence-electron chi connectivity index (χ1n) is 7.65. The second kappa shape index (κ2) is 10.2.